The number of rotatable bonds is 7. The Morgan fingerprint density at radius 1 is 1.21 bits per heavy atom. The van der Waals surface area contributed by atoms with Gasteiger partial charge in [-0.1, -0.05) is 12.1 Å². The van der Waals surface area contributed by atoms with Crippen molar-refractivity contribution >= 4 is 22.4 Å². The Morgan fingerprint density at radius 3 is 2.75 bits per heavy atom. The van der Waals surface area contributed by atoms with Crippen molar-refractivity contribution in [1.82, 2.24) is 4.98 Å². The predicted molar refractivity (Wildman–Crippen MR) is 108 cm³/mol. The van der Waals surface area contributed by atoms with E-state index in [-0.39, 0.29) is 11.7 Å². The van der Waals surface area contributed by atoms with Crippen LogP contribution in [0.25, 0.3) is 0 Å². The second-order valence-corrected chi connectivity index (χ2v) is 7.26. The molecule has 0 aliphatic carbocycles. The monoisotopic (exact) mass is 400 g/mol. The molecule has 0 unspecified atom stereocenters. The molecule has 1 amide bonds. The molecule has 1 heterocycles. The van der Waals surface area contributed by atoms with Crippen molar-refractivity contribution in [2.75, 3.05) is 19.0 Å². The summed E-state index contributed by atoms with van der Waals surface area (Å²) in [6, 6.07) is 10.2. The van der Waals surface area contributed by atoms with Gasteiger partial charge in [0.25, 0.3) is 5.91 Å². The van der Waals surface area contributed by atoms with Crippen molar-refractivity contribution in [2.24, 2.45) is 0 Å². The number of halogens is 1. The molecule has 1 aromatic heterocycles. The Kier molecular flexibility index (Phi) is 6.26. The number of benzene rings is 2. The third-order valence-electron chi connectivity index (χ3n) is 4.11. The molecule has 3 rings (SSSR count). The van der Waals surface area contributed by atoms with Crippen LogP contribution in [0.3, 0.4) is 0 Å². The summed E-state index contributed by atoms with van der Waals surface area (Å²) < 4.78 is 24.4. The molecule has 5 nitrogen and oxygen atoms in total. The molecule has 0 fully saturated rings. The largest absolute Gasteiger partial charge is 0.493 e. The van der Waals surface area contributed by atoms with Crippen molar-refractivity contribution in [3.63, 3.8) is 0 Å². The fourth-order valence-electron chi connectivity index (χ4n) is 2.65. The normalized spacial score (nSPS) is 10.6. The summed E-state index contributed by atoms with van der Waals surface area (Å²) in [6.45, 7) is 4.07. The van der Waals surface area contributed by atoms with Crippen molar-refractivity contribution < 1.29 is 18.7 Å². The molecule has 7 heteroatoms. The second-order valence-electron chi connectivity index (χ2n) is 6.14. The highest BCUT2D eigenvalue weighted by atomic mass is 32.1. The number of thiazole rings is 1. The van der Waals surface area contributed by atoms with E-state index >= 15 is 0 Å². The van der Waals surface area contributed by atoms with Crippen LogP contribution < -0.4 is 14.8 Å². The summed E-state index contributed by atoms with van der Waals surface area (Å²) in [4.78, 5) is 17.7. The van der Waals surface area contributed by atoms with Crippen molar-refractivity contribution in [2.45, 2.75) is 20.3 Å². The molecule has 3 aromatic rings. The lowest BCUT2D eigenvalue weighted by Crippen LogP contribution is -2.12. The minimum absolute atomic E-state index is 0.222. The maximum absolute atomic E-state index is 13.7. The van der Waals surface area contributed by atoms with Crippen LogP contribution >= 0.6 is 11.3 Å². The van der Waals surface area contributed by atoms with Gasteiger partial charge in [-0.3, -0.25) is 10.1 Å². The summed E-state index contributed by atoms with van der Waals surface area (Å²) in [5.74, 6) is 0.574. The molecule has 146 valence electrons. The third kappa shape index (κ3) is 4.67. The van der Waals surface area contributed by atoms with E-state index in [0.29, 0.717) is 40.8 Å². The van der Waals surface area contributed by atoms with Crippen LogP contribution in [-0.4, -0.2) is 24.6 Å². The van der Waals surface area contributed by atoms with Gasteiger partial charge in [-0.05, 0) is 49.2 Å². The first kappa shape index (κ1) is 19.8. The van der Waals surface area contributed by atoms with Crippen LogP contribution in [0.2, 0.25) is 0 Å². The van der Waals surface area contributed by atoms with Crippen molar-refractivity contribution in [3.8, 4) is 11.5 Å². The quantitative estimate of drug-likeness (QED) is 0.616. The van der Waals surface area contributed by atoms with Gasteiger partial charge >= 0.3 is 0 Å². The Hall–Kier alpha value is -2.93. The molecular weight excluding hydrogens is 379 g/mol. The molecule has 2 aromatic carbocycles. The second kappa shape index (κ2) is 8.84. The zero-order chi connectivity index (χ0) is 20.1. The summed E-state index contributed by atoms with van der Waals surface area (Å²) >= 11 is 1.36. The highest BCUT2D eigenvalue weighted by Crippen LogP contribution is 2.29. The zero-order valence-corrected chi connectivity index (χ0v) is 16.7. The number of hydrogen-bond acceptors (Lipinski definition) is 5. The average Bonchev–Trinajstić information content (AvgIpc) is 3.11. The van der Waals surface area contributed by atoms with Gasteiger partial charge in [0.2, 0.25) is 0 Å². The van der Waals surface area contributed by atoms with Crippen LogP contribution in [0.15, 0.2) is 42.6 Å². The van der Waals surface area contributed by atoms with Gasteiger partial charge in [0.05, 0.1) is 13.7 Å². The van der Waals surface area contributed by atoms with E-state index in [0.717, 1.165) is 10.4 Å². The maximum atomic E-state index is 13.7. The van der Waals surface area contributed by atoms with E-state index in [1.54, 1.807) is 44.5 Å². The third-order valence-corrected chi connectivity index (χ3v) is 5.03. The molecule has 0 aliphatic heterocycles. The predicted octanol–water partition coefficient (Wildman–Crippen LogP) is 4.84. The average molecular weight is 400 g/mol. The van der Waals surface area contributed by atoms with E-state index < -0.39 is 0 Å². The number of carbonyl (C=O) groups excluding carboxylic acids is 1. The standard InChI is InChI=1S/C21H21FN2O3S/c1-4-27-19-11-15(7-8-18(19)26-3)20(25)24-21-23-12-16(28-21)9-14-6-5-13(2)17(22)10-14/h5-8,10-12H,4,9H2,1-3H3,(H,23,24,25). The number of aryl methyl sites for hydroxylation is 1. The summed E-state index contributed by atoms with van der Waals surface area (Å²) in [5, 5.41) is 3.28. The lowest BCUT2D eigenvalue weighted by Gasteiger charge is -2.10. The van der Waals surface area contributed by atoms with Gasteiger partial charge in [-0.25, -0.2) is 9.37 Å². The molecule has 1 N–H and O–H groups in total. The number of amides is 1. The number of methoxy groups -OCH3 is 1. The highest BCUT2D eigenvalue weighted by Gasteiger charge is 2.13. The van der Waals surface area contributed by atoms with E-state index in [2.05, 4.69) is 10.3 Å². The molecule has 0 radical (unpaired) electrons. The smallest absolute Gasteiger partial charge is 0.257 e. The fourth-order valence-corrected chi connectivity index (χ4v) is 3.49. The van der Waals surface area contributed by atoms with Crippen LogP contribution in [0.1, 0.15) is 33.3 Å². The molecule has 0 atom stereocenters. The van der Waals surface area contributed by atoms with E-state index in [9.17, 15) is 9.18 Å². The first-order valence-corrected chi connectivity index (χ1v) is 9.63. The lowest BCUT2D eigenvalue weighted by molar-refractivity contribution is 0.102. The Bertz CT molecular complexity index is 988. The molecule has 0 spiro atoms. The van der Waals surface area contributed by atoms with Crippen molar-refractivity contribution in [1.29, 1.82) is 0 Å². The van der Waals surface area contributed by atoms with E-state index in [1.807, 2.05) is 13.0 Å². The number of hydrogen-bond donors (Lipinski definition) is 1. The molecular formula is C21H21FN2O3S. The maximum Gasteiger partial charge on any atom is 0.257 e. The number of carbonyl (C=O) groups is 1. The van der Waals surface area contributed by atoms with Gasteiger partial charge in [0, 0.05) is 23.1 Å². The van der Waals surface area contributed by atoms with Crippen LogP contribution in [-0.2, 0) is 6.42 Å². The summed E-state index contributed by atoms with van der Waals surface area (Å²) in [7, 11) is 1.55. The molecule has 0 bridgehead atoms. The van der Waals surface area contributed by atoms with Gasteiger partial charge in [-0.15, -0.1) is 11.3 Å². The number of nitrogens with one attached hydrogen (secondary N) is 1. The molecule has 0 saturated heterocycles. The minimum atomic E-state index is -0.286. The minimum Gasteiger partial charge on any atom is -0.493 e. The highest BCUT2D eigenvalue weighted by molar-refractivity contribution is 7.15. The SMILES string of the molecule is CCOc1cc(C(=O)Nc2ncc(Cc3ccc(C)c(F)c3)s2)ccc1OC. The van der Waals surface area contributed by atoms with Crippen molar-refractivity contribution in [3.05, 3.63) is 70.0 Å². The molecule has 0 aliphatic rings. The van der Waals surface area contributed by atoms with Gasteiger partial charge in [0.1, 0.15) is 5.82 Å². The molecule has 28 heavy (non-hydrogen) atoms. The Morgan fingerprint density at radius 2 is 2.04 bits per heavy atom. The number of aromatic nitrogens is 1. The molecule has 0 saturated carbocycles. The topological polar surface area (TPSA) is 60.5 Å². The first-order chi connectivity index (χ1) is 13.5. The van der Waals surface area contributed by atoms with Crippen LogP contribution in [0.5, 0.6) is 11.5 Å². The zero-order valence-electron chi connectivity index (χ0n) is 15.9. The summed E-state index contributed by atoms with van der Waals surface area (Å²) in [6.07, 6.45) is 2.25. The number of nitrogens with zero attached hydrogens (tertiary/aromatic N) is 1. The van der Waals surface area contributed by atoms with Gasteiger partial charge < -0.3 is 9.47 Å². The summed E-state index contributed by atoms with van der Waals surface area (Å²) in [5.41, 5.74) is 1.93. The van der Waals surface area contributed by atoms with Crippen LogP contribution in [0.4, 0.5) is 9.52 Å². The number of anilines is 1. The van der Waals surface area contributed by atoms with E-state index in [4.69, 9.17) is 9.47 Å². The van der Waals surface area contributed by atoms with Gasteiger partial charge in [-0.2, -0.15) is 0 Å². The first-order valence-electron chi connectivity index (χ1n) is 8.82. The fraction of sp³-hybridized carbons (Fsp3) is 0.238. The van der Waals surface area contributed by atoms with Crippen LogP contribution in [0, 0.1) is 12.7 Å². The van der Waals surface area contributed by atoms with E-state index in [1.165, 1.54) is 17.4 Å². The number of ether oxygens (including phenoxy) is 2. The Labute approximate surface area is 167 Å². The Balaban J connectivity index is 1.69. The lowest BCUT2D eigenvalue weighted by atomic mass is 10.1. The van der Waals surface area contributed by atoms with Gasteiger partial charge in [0.15, 0.2) is 16.6 Å².